The van der Waals surface area contributed by atoms with Crippen LogP contribution >= 0.6 is 0 Å². The van der Waals surface area contributed by atoms with Gasteiger partial charge in [-0.1, -0.05) is 40.7 Å². The number of ether oxygens (including phenoxy) is 1. The van der Waals surface area contributed by atoms with Crippen LogP contribution < -0.4 is 0 Å². The topological polar surface area (TPSA) is 55.8 Å². The summed E-state index contributed by atoms with van der Waals surface area (Å²) in [7, 11) is -2.05. The van der Waals surface area contributed by atoms with E-state index in [-0.39, 0.29) is 29.0 Å². The fourth-order valence-corrected chi connectivity index (χ4v) is 4.89. The zero-order valence-corrected chi connectivity index (χ0v) is 19.2. The van der Waals surface area contributed by atoms with Gasteiger partial charge in [0, 0.05) is 0 Å². The average molecular weight is 384 g/mol. The van der Waals surface area contributed by atoms with Crippen molar-refractivity contribution in [3.8, 4) is 0 Å². The lowest BCUT2D eigenvalue weighted by atomic mass is 9.88. The van der Waals surface area contributed by atoms with Crippen LogP contribution in [0.1, 0.15) is 55.4 Å². The van der Waals surface area contributed by atoms with E-state index in [2.05, 4.69) is 40.4 Å². The largest absolute Gasteiger partial charge is 0.441 e. The van der Waals surface area contributed by atoms with E-state index >= 15 is 0 Å². The van der Waals surface area contributed by atoms with Gasteiger partial charge in [-0.15, -0.1) is 6.58 Å². The summed E-state index contributed by atoms with van der Waals surface area (Å²) in [5, 5.41) is 0.0328. The van der Waals surface area contributed by atoms with Crippen LogP contribution in [0.25, 0.3) is 0 Å². The second-order valence-corrected chi connectivity index (χ2v) is 14.5. The Kier molecular flexibility index (Phi) is 6.58. The molecule has 0 aromatic heterocycles. The van der Waals surface area contributed by atoms with Crippen molar-refractivity contribution >= 4 is 20.3 Å². The van der Waals surface area contributed by atoms with Crippen molar-refractivity contribution in [2.75, 3.05) is 0 Å². The van der Waals surface area contributed by atoms with Gasteiger partial charge in [-0.2, -0.15) is 0 Å². The molecule has 1 rings (SSSR count). The van der Waals surface area contributed by atoms with Gasteiger partial charge in [0.15, 0.2) is 8.32 Å². The van der Waals surface area contributed by atoms with Crippen LogP contribution in [0.5, 0.6) is 0 Å². The Bertz CT molecular complexity index is 563. The third-order valence-electron chi connectivity index (χ3n) is 5.74. The van der Waals surface area contributed by atoms with E-state index in [1.165, 1.54) is 4.90 Å². The fourth-order valence-electron chi connectivity index (χ4n) is 3.46. The maximum atomic E-state index is 13.3. The van der Waals surface area contributed by atoms with Crippen LogP contribution in [0, 0.1) is 11.8 Å². The minimum absolute atomic E-state index is 0.0328. The monoisotopic (exact) mass is 383 g/mol. The molecule has 1 fully saturated rings. The molecule has 0 bridgehead atoms. The summed E-state index contributed by atoms with van der Waals surface area (Å²) < 4.78 is 11.9. The summed E-state index contributed by atoms with van der Waals surface area (Å²) in [6.07, 6.45) is 0.658. The second kappa shape index (κ2) is 7.47. The van der Waals surface area contributed by atoms with Crippen LogP contribution in [0.3, 0.4) is 0 Å². The van der Waals surface area contributed by atoms with Crippen LogP contribution in [-0.2, 0) is 14.0 Å². The molecule has 3 atom stereocenters. The minimum Gasteiger partial charge on any atom is -0.441 e. The van der Waals surface area contributed by atoms with E-state index < -0.39 is 25.9 Å². The molecule has 2 amide bonds. The number of hydrogen-bond acceptors (Lipinski definition) is 4. The predicted molar refractivity (Wildman–Crippen MR) is 107 cm³/mol. The highest BCUT2D eigenvalue weighted by molar-refractivity contribution is 6.74. The molecule has 0 aromatic carbocycles. The highest BCUT2D eigenvalue weighted by Crippen LogP contribution is 2.39. The average Bonchev–Trinajstić information content (AvgIpc) is 2.66. The van der Waals surface area contributed by atoms with E-state index in [4.69, 9.17) is 9.16 Å². The Hall–Kier alpha value is -1.14. The number of imide groups is 1. The van der Waals surface area contributed by atoms with Gasteiger partial charge in [0.2, 0.25) is 5.91 Å². The molecule has 1 heterocycles. The van der Waals surface area contributed by atoms with Gasteiger partial charge in [-0.25, -0.2) is 9.69 Å². The molecule has 6 heteroatoms. The molecule has 1 saturated heterocycles. The van der Waals surface area contributed by atoms with E-state index in [1.807, 2.05) is 34.6 Å². The molecule has 5 nitrogen and oxygen atoms in total. The Labute approximate surface area is 160 Å². The molecule has 0 radical (unpaired) electrons. The molecule has 0 spiro atoms. The van der Waals surface area contributed by atoms with Gasteiger partial charge in [0.1, 0.15) is 5.60 Å². The SMILES string of the molecule is C=CC(C(=O)N1C(=O)OC(C)(C)[C@H]1C(C)C)[C@@H](C)O[Si](C)(C)C(C)(C)C. The summed E-state index contributed by atoms with van der Waals surface area (Å²) >= 11 is 0. The van der Waals surface area contributed by atoms with Gasteiger partial charge in [0.25, 0.3) is 0 Å². The smallest absolute Gasteiger partial charge is 0.417 e. The van der Waals surface area contributed by atoms with Crippen molar-refractivity contribution in [1.29, 1.82) is 0 Å². The van der Waals surface area contributed by atoms with Crippen LogP contribution in [0.2, 0.25) is 18.1 Å². The highest BCUT2D eigenvalue weighted by atomic mass is 28.4. The molecule has 1 unspecified atom stereocenters. The highest BCUT2D eigenvalue weighted by Gasteiger charge is 2.53. The number of hydrogen-bond donors (Lipinski definition) is 0. The third kappa shape index (κ3) is 4.39. The Morgan fingerprint density at radius 3 is 2.19 bits per heavy atom. The fraction of sp³-hybridized carbons (Fsp3) is 0.800. The molecule has 0 aromatic rings. The predicted octanol–water partition coefficient (Wildman–Crippen LogP) is 4.98. The summed E-state index contributed by atoms with van der Waals surface area (Å²) in [5.74, 6) is -0.796. The summed E-state index contributed by atoms with van der Waals surface area (Å²) in [6, 6.07) is -0.315. The number of amides is 2. The number of carbonyl (C=O) groups is 2. The van der Waals surface area contributed by atoms with Crippen LogP contribution in [0.4, 0.5) is 4.79 Å². The molecular formula is C20H37NO4Si. The molecule has 150 valence electrons. The molecule has 0 N–H and O–H groups in total. The van der Waals surface area contributed by atoms with Crippen molar-refractivity contribution in [2.24, 2.45) is 11.8 Å². The first kappa shape index (κ1) is 22.9. The van der Waals surface area contributed by atoms with Gasteiger partial charge in [0.05, 0.1) is 18.1 Å². The Balaban J connectivity index is 3.12. The standard InChI is InChI=1S/C20H37NO4Si/c1-12-15(14(4)25-26(10,11)19(5,6)7)17(22)21-16(13(2)3)20(8,9)24-18(21)23/h12-16H,1H2,2-11H3/t14-,15?,16-/m1/s1. The lowest BCUT2D eigenvalue weighted by Crippen LogP contribution is -2.52. The summed E-state index contributed by atoms with van der Waals surface area (Å²) in [5.41, 5.74) is -0.712. The van der Waals surface area contributed by atoms with Gasteiger partial charge < -0.3 is 9.16 Å². The number of rotatable bonds is 6. The zero-order chi connectivity index (χ0) is 20.7. The van der Waals surface area contributed by atoms with Crippen molar-refractivity contribution in [1.82, 2.24) is 4.90 Å². The maximum absolute atomic E-state index is 13.3. The van der Waals surface area contributed by atoms with Gasteiger partial charge in [-0.3, -0.25) is 4.79 Å². The van der Waals surface area contributed by atoms with Crippen LogP contribution in [0.15, 0.2) is 12.7 Å². The Morgan fingerprint density at radius 2 is 1.81 bits per heavy atom. The summed E-state index contributed by atoms with van der Waals surface area (Å²) in [6.45, 7) is 24.2. The number of nitrogens with zero attached hydrogens (tertiary/aromatic N) is 1. The first-order chi connectivity index (χ1) is 11.6. The lowest BCUT2D eigenvalue weighted by Gasteiger charge is -2.40. The van der Waals surface area contributed by atoms with Crippen molar-refractivity contribution in [3.63, 3.8) is 0 Å². The van der Waals surface area contributed by atoms with Gasteiger partial charge in [-0.05, 0) is 44.8 Å². The van der Waals surface area contributed by atoms with E-state index in [0.717, 1.165) is 0 Å². The molecular weight excluding hydrogens is 346 g/mol. The molecule has 1 aliphatic heterocycles. The third-order valence-corrected chi connectivity index (χ3v) is 10.3. The maximum Gasteiger partial charge on any atom is 0.417 e. The lowest BCUT2D eigenvalue weighted by molar-refractivity contribution is -0.135. The quantitative estimate of drug-likeness (QED) is 0.479. The van der Waals surface area contributed by atoms with Gasteiger partial charge >= 0.3 is 6.09 Å². The molecule has 0 aliphatic carbocycles. The Morgan fingerprint density at radius 1 is 1.31 bits per heavy atom. The normalized spacial score (nSPS) is 23.0. The first-order valence-corrected chi connectivity index (χ1v) is 12.3. The molecule has 26 heavy (non-hydrogen) atoms. The molecule has 0 saturated carbocycles. The second-order valence-electron chi connectivity index (χ2n) is 9.71. The van der Waals surface area contributed by atoms with Crippen molar-refractivity contribution < 1.29 is 18.8 Å². The zero-order valence-electron chi connectivity index (χ0n) is 18.2. The van der Waals surface area contributed by atoms with E-state index in [1.54, 1.807) is 6.08 Å². The van der Waals surface area contributed by atoms with E-state index in [9.17, 15) is 9.59 Å². The van der Waals surface area contributed by atoms with Crippen molar-refractivity contribution in [2.45, 2.75) is 91.3 Å². The number of carbonyl (C=O) groups excluding carboxylic acids is 2. The minimum atomic E-state index is -2.05. The van der Waals surface area contributed by atoms with Crippen molar-refractivity contribution in [3.05, 3.63) is 12.7 Å². The molecule has 1 aliphatic rings. The van der Waals surface area contributed by atoms with Crippen LogP contribution in [-0.4, -0.2) is 43.0 Å². The van der Waals surface area contributed by atoms with E-state index in [0.29, 0.717) is 0 Å². The summed E-state index contributed by atoms with van der Waals surface area (Å²) in [4.78, 5) is 27.0. The first-order valence-electron chi connectivity index (χ1n) is 9.43. The number of cyclic esters (lactones) is 1.